The van der Waals surface area contributed by atoms with Crippen LogP contribution in [0.15, 0.2) is 18.2 Å². The normalized spacial score (nSPS) is 9.94. The van der Waals surface area contributed by atoms with Crippen LogP contribution in [0.1, 0.15) is 0 Å². The van der Waals surface area contributed by atoms with Gasteiger partial charge in [-0.25, -0.2) is 0 Å². The van der Waals surface area contributed by atoms with E-state index in [0.717, 1.165) is 0 Å². The largest absolute Gasteiger partial charge is 0.393 e. The minimum atomic E-state index is -0.540. The molecule has 1 aromatic rings. The zero-order valence-corrected chi connectivity index (χ0v) is 10.6. The molecule has 0 unspecified atom stereocenters. The molecule has 7 nitrogen and oxygen atoms in total. The van der Waals surface area contributed by atoms with E-state index in [1.54, 1.807) is 33.3 Å². The average Bonchev–Trinajstić information content (AvgIpc) is 2.27. The molecule has 1 rings (SSSR count). The zero-order valence-electron chi connectivity index (χ0n) is 10.6. The molecule has 0 heterocycles. The first kappa shape index (κ1) is 13.8. The van der Waals surface area contributed by atoms with E-state index in [2.05, 4.69) is 0 Å². The van der Waals surface area contributed by atoms with Gasteiger partial charge in [-0.15, -0.1) is 0 Å². The van der Waals surface area contributed by atoms with E-state index in [-0.39, 0.29) is 23.8 Å². The van der Waals surface area contributed by atoms with Gasteiger partial charge >= 0.3 is 5.69 Å². The van der Waals surface area contributed by atoms with Gasteiger partial charge in [0.15, 0.2) is 0 Å². The van der Waals surface area contributed by atoms with Crippen molar-refractivity contribution in [3.8, 4) is 0 Å². The first-order valence-corrected chi connectivity index (χ1v) is 5.28. The molecule has 1 aromatic carbocycles. The van der Waals surface area contributed by atoms with Crippen molar-refractivity contribution in [1.82, 2.24) is 4.90 Å². The molecule has 0 aliphatic heterocycles. The molecule has 0 spiro atoms. The minimum absolute atomic E-state index is 0.0529. The summed E-state index contributed by atoms with van der Waals surface area (Å²) >= 11 is 0. The highest BCUT2D eigenvalue weighted by Crippen LogP contribution is 2.32. The van der Waals surface area contributed by atoms with Crippen LogP contribution in [0.25, 0.3) is 0 Å². The van der Waals surface area contributed by atoms with Crippen LogP contribution >= 0.6 is 0 Å². The fourth-order valence-corrected chi connectivity index (χ4v) is 1.49. The van der Waals surface area contributed by atoms with Gasteiger partial charge in [-0.2, -0.15) is 0 Å². The highest BCUT2D eigenvalue weighted by molar-refractivity contribution is 5.83. The third-order valence-electron chi connectivity index (χ3n) is 2.51. The van der Waals surface area contributed by atoms with Gasteiger partial charge in [0.05, 0.1) is 11.5 Å². The average molecular weight is 252 g/mol. The Balaban J connectivity index is 3.06. The Kier molecular flexibility index (Phi) is 4.09. The summed E-state index contributed by atoms with van der Waals surface area (Å²) in [6.07, 6.45) is 0. The number of carbonyl (C=O) groups is 1. The van der Waals surface area contributed by atoms with Crippen LogP contribution in [0, 0.1) is 10.1 Å². The first-order chi connectivity index (χ1) is 8.34. The molecule has 7 heteroatoms. The van der Waals surface area contributed by atoms with Gasteiger partial charge in [-0.3, -0.25) is 14.9 Å². The SMILES string of the molecule is CN(C)C(=O)CN(C)c1cccc(N)c1[N+](=O)[O-]. The van der Waals surface area contributed by atoms with Crippen molar-refractivity contribution < 1.29 is 9.72 Å². The third-order valence-corrected chi connectivity index (χ3v) is 2.51. The molecule has 18 heavy (non-hydrogen) atoms. The number of nitro benzene ring substituents is 1. The molecule has 0 aromatic heterocycles. The smallest absolute Gasteiger partial charge is 0.315 e. The molecule has 0 saturated heterocycles. The van der Waals surface area contributed by atoms with Crippen molar-refractivity contribution >= 4 is 23.0 Å². The molecule has 0 bridgehead atoms. The van der Waals surface area contributed by atoms with Crippen molar-refractivity contribution in [2.45, 2.75) is 0 Å². The fraction of sp³-hybridized carbons (Fsp3) is 0.364. The maximum absolute atomic E-state index is 11.6. The number of benzene rings is 1. The van der Waals surface area contributed by atoms with Crippen LogP contribution < -0.4 is 10.6 Å². The number of hydrogen-bond acceptors (Lipinski definition) is 5. The van der Waals surface area contributed by atoms with E-state index in [4.69, 9.17) is 5.73 Å². The predicted molar refractivity (Wildman–Crippen MR) is 69.5 cm³/mol. The van der Waals surface area contributed by atoms with Gasteiger partial charge in [0, 0.05) is 21.1 Å². The Morgan fingerprint density at radius 3 is 2.50 bits per heavy atom. The second kappa shape index (κ2) is 5.35. The summed E-state index contributed by atoms with van der Waals surface area (Å²) in [6, 6.07) is 4.65. The topological polar surface area (TPSA) is 92.7 Å². The zero-order chi connectivity index (χ0) is 13.9. The first-order valence-electron chi connectivity index (χ1n) is 5.28. The Labute approximate surface area is 105 Å². The van der Waals surface area contributed by atoms with Gasteiger partial charge in [-0.1, -0.05) is 6.07 Å². The number of nitrogens with zero attached hydrogens (tertiary/aromatic N) is 3. The summed E-state index contributed by atoms with van der Waals surface area (Å²) in [5.74, 6) is -0.144. The van der Waals surface area contributed by atoms with Crippen molar-refractivity contribution in [2.24, 2.45) is 0 Å². The van der Waals surface area contributed by atoms with Crippen LogP contribution in [0.4, 0.5) is 17.1 Å². The van der Waals surface area contributed by atoms with Gasteiger partial charge in [0.1, 0.15) is 11.4 Å². The summed E-state index contributed by atoms with van der Waals surface area (Å²) in [7, 11) is 4.87. The third kappa shape index (κ3) is 2.88. The number of rotatable bonds is 4. The molecule has 1 amide bonds. The summed E-state index contributed by atoms with van der Waals surface area (Å²) < 4.78 is 0. The van der Waals surface area contributed by atoms with E-state index in [9.17, 15) is 14.9 Å². The molecule has 0 radical (unpaired) electrons. The van der Waals surface area contributed by atoms with Crippen LogP contribution in [-0.4, -0.2) is 43.4 Å². The van der Waals surface area contributed by atoms with Crippen LogP contribution in [0.2, 0.25) is 0 Å². The number of nitrogens with two attached hydrogens (primary N) is 1. The molecule has 0 aliphatic rings. The van der Waals surface area contributed by atoms with Crippen molar-refractivity contribution in [3.05, 3.63) is 28.3 Å². The number of amides is 1. The van der Waals surface area contributed by atoms with E-state index < -0.39 is 4.92 Å². The number of likely N-dealkylation sites (N-methyl/N-ethyl adjacent to an activating group) is 2. The summed E-state index contributed by atoms with van der Waals surface area (Å²) in [5, 5.41) is 11.0. The molecule has 0 fully saturated rings. The van der Waals surface area contributed by atoms with Crippen LogP contribution in [0.3, 0.4) is 0 Å². The quantitative estimate of drug-likeness (QED) is 0.483. The van der Waals surface area contributed by atoms with Gasteiger partial charge in [0.2, 0.25) is 5.91 Å². The minimum Gasteiger partial charge on any atom is -0.393 e. The molecule has 0 aliphatic carbocycles. The van der Waals surface area contributed by atoms with E-state index >= 15 is 0 Å². The number of nitrogen functional groups attached to an aromatic ring is 1. The Morgan fingerprint density at radius 2 is 2.00 bits per heavy atom. The number of anilines is 2. The maximum Gasteiger partial charge on any atom is 0.315 e. The van der Waals surface area contributed by atoms with Gasteiger partial charge in [0.25, 0.3) is 0 Å². The highest BCUT2D eigenvalue weighted by Gasteiger charge is 2.22. The number of carbonyl (C=O) groups excluding carboxylic acids is 1. The van der Waals surface area contributed by atoms with Crippen LogP contribution in [-0.2, 0) is 4.79 Å². The van der Waals surface area contributed by atoms with Gasteiger partial charge in [-0.05, 0) is 12.1 Å². The lowest BCUT2D eigenvalue weighted by atomic mass is 10.2. The predicted octanol–water partition coefficient (Wildman–Crippen LogP) is 0.701. The molecule has 98 valence electrons. The van der Waals surface area contributed by atoms with Gasteiger partial charge < -0.3 is 15.5 Å². The van der Waals surface area contributed by atoms with Crippen molar-refractivity contribution in [1.29, 1.82) is 0 Å². The second-order valence-electron chi connectivity index (χ2n) is 4.12. The Hall–Kier alpha value is -2.31. The lowest BCUT2D eigenvalue weighted by Crippen LogP contribution is -2.34. The number of hydrogen-bond donors (Lipinski definition) is 1. The maximum atomic E-state index is 11.6. The molecular weight excluding hydrogens is 236 g/mol. The van der Waals surface area contributed by atoms with Crippen molar-refractivity contribution in [2.75, 3.05) is 38.3 Å². The molecule has 0 atom stereocenters. The standard InChI is InChI=1S/C11H16N4O3/c1-13(2)10(16)7-14(3)9-6-4-5-8(12)11(9)15(17)18/h4-6H,7,12H2,1-3H3. The Bertz CT molecular complexity index is 473. The van der Waals surface area contributed by atoms with E-state index in [0.29, 0.717) is 5.69 Å². The summed E-state index contributed by atoms with van der Waals surface area (Å²) in [4.78, 5) is 24.9. The number of para-hydroxylation sites is 1. The Morgan fingerprint density at radius 1 is 1.39 bits per heavy atom. The van der Waals surface area contributed by atoms with E-state index in [1.807, 2.05) is 0 Å². The molecule has 2 N–H and O–H groups in total. The molecular formula is C11H16N4O3. The summed E-state index contributed by atoms with van der Waals surface area (Å²) in [5.41, 5.74) is 5.83. The fourth-order valence-electron chi connectivity index (χ4n) is 1.49. The second-order valence-corrected chi connectivity index (χ2v) is 4.12. The van der Waals surface area contributed by atoms with Crippen LogP contribution in [0.5, 0.6) is 0 Å². The highest BCUT2D eigenvalue weighted by atomic mass is 16.6. The summed E-state index contributed by atoms with van der Waals surface area (Å²) in [6.45, 7) is 0.0529. The van der Waals surface area contributed by atoms with E-state index in [1.165, 1.54) is 15.9 Å². The lowest BCUT2D eigenvalue weighted by molar-refractivity contribution is -0.383. The lowest BCUT2D eigenvalue weighted by Gasteiger charge is -2.21. The molecule has 0 saturated carbocycles. The number of nitro groups is 1. The van der Waals surface area contributed by atoms with Crippen molar-refractivity contribution in [3.63, 3.8) is 0 Å². The monoisotopic (exact) mass is 252 g/mol.